The highest BCUT2D eigenvalue weighted by Crippen LogP contribution is 2.17. The summed E-state index contributed by atoms with van der Waals surface area (Å²) in [5.41, 5.74) is 5.44. The number of nitrogens with one attached hydrogen (secondary N) is 1. The molecule has 4 nitrogen and oxygen atoms in total. The Morgan fingerprint density at radius 1 is 1.73 bits per heavy atom. The Bertz CT molecular complexity index is 149. The van der Waals surface area contributed by atoms with Crippen molar-refractivity contribution in [3.63, 3.8) is 0 Å². The van der Waals surface area contributed by atoms with Gasteiger partial charge in [0.15, 0.2) is 0 Å². The average molecular weight is 158 g/mol. The van der Waals surface area contributed by atoms with Crippen LogP contribution in [-0.4, -0.2) is 30.7 Å². The van der Waals surface area contributed by atoms with E-state index in [1.165, 1.54) is 0 Å². The molecule has 0 aliphatic carbocycles. The van der Waals surface area contributed by atoms with Gasteiger partial charge in [-0.05, 0) is 25.4 Å². The fourth-order valence-electron chi connectivity index (χ4n) is 1.48. The summed E-state index contributed by atoms with van der Waals surface area (Å²) in [7, 11) is 0. The molecule has 0 bridgehead atoms. The minimum Gasteiger partial charge on any atom is -0.481 e. The number of carboxylic acid groups (broad SMARTS) is 1. The molecule has 0 aromatic carbocycles. The Morgan fingerprint density at radius 3 is 2.91 bits per heavy atom. The molecule has 0 aromatic heterocycles. The molecule has 0 saturated carbocycles. The van der Waals surface area contributed by atoms with Crippen molar-refractivity contribution in [3.8, 4) is 0 Å². The molecule has 0 aromatic rings. The van der Waals surface area contributed by atoms with Gasteiger partial charge in [0.2, 0.25) is 0 Å². The second-order valence-electron chi connectivity index (χ2n) is 2.93. The molecule has 0 amide bonds. The van der Waals surface area contributed by atoms with Gasteiger partial charge >= 0.3 is 5.97 Å². The van der Waals surface area contributed by atoms with Gasteiger partial charge in [0.25, 0.3) is 0 Å². The predicted molar refractivity (Wildman–Crippen MR) is 41.2 cm³/mol. The average Bonchev–Trinajstić information content (AvgIpc) is 2.04. The Hall–Kier alpha value is -0.610. The van der Waals surface area contributed by atoms with Crippen LogP contribution in [0.25, 0.3) is 0 Å². The van der Waals surface area contributed by atoms with Crippen molar-refractivity contribution < 1.29 is 9.90 Å². The highest BCUT2D eigenvalue weighted by molar-refractivity contribution is 5.70. The molecule has 1 saturated heterocycles. The lowest BCUT2D eigenvalue weighted by atomic mass is 9.87. The summed E-state index contributed by atoms with van der Waals surface area (Å²) in [5.74, 6) is -0.852. The van der Waals surface area contributed by atoms with Crippen molar-refractivity contribution in [2.45, 2.75) is 6.42 Å². The van der Waals surface area contributed by atoms with Crippen LogP contribution in [0.2, 0.25) is 0 Å². The number of hydrogen-bond acceptors (Lipinski definition) is 3. The zero-order valence-corrected chi connectivity index (χ0v) is 6.42. The van der Waals surface area contributed by atoms with Gasteiger partial charge in [-0.1, -0.05) is 0 Å². The first-order valence-corrected chi connectivity index (χ1v) is 3.89. The number of rotatable bonds is 2. The number of nitrogens with two attached hydrogens (primary N) is 1. The van der Waals surface area contributed by atoms with E-state index in [0.29, 0.717) is 13.1 Å². The summed E-state index contributed by atoms with van der Waals surface area (Å²) < 4.78 is 0. The molecule has 2 atom stereocenters. The Balaban J connectivity index is 2.51. The van der Waals surface area contributed by atoms with Gasteiger partial charge in [-0.25, -0.2) is 0 Å². The van der Waals surface area contributed by atoms with Crippen molar-refractivity contribution in [1.82, 2.24) is 5.32 Å². The lowest BCUT2D eigenvalue weighted by molar-refractivity contribution is -0.144. The molecule has 1 fully saturated rings. The van der Waals surface area contributed by atoms with E-state index in [1.54, 1.807) is 0 Å². The van der Waals surface area contributed by atoms with Crippen LogP contribution in [0.5, 0.6) is 0 Å². The van der Waals surface area contributed by atoms with Crippen molar-refractivity contribution in [3.05, 3.63) is 0 Å². The second-order valence-corrected chi connectivity index (χ2v) is 2.93. The summed E-state index contributed by atoms with van der Waals surface area (Å²) in [6.07, 6.45) is 0.882. The lowest BCUT2D eigenvalue weighted by Gasteiger charge is -2.27. The van der Waals surface area contributed by atoms with E-state index in [9.17, 15) is 4.79 Å². The van der Waals surface area contributed by atoms with E-state index in [2.05, 4.69) is 5.32 Å². The standard InChI is InChI=1S/C7H14N2O2/c8-3-5-1-2-9-4-6(5)7(10)11/h5-6,9H,1-4,8H2,(H,10,11)/t5-,6-/m1/s1. The minimum absolute atomic E-state index is 0.161. The molecule has 4 heteroatoms. The summed E-state index contributed by atoms with van der Waals surface area (Å²) in [6, 6.07) is 0. The Kier molecular flexibility index (Phi) is 2.84. The van der Waals surface area contributed by atoms with Gasteiger partial charge in [-0.15, -0.1) is 0 Å². The Morgan fingerprint density at radius 2 is 2.45 bits per heavy atom. The highest BCUT2D eigenvalue weighted by Gasteiger charge is 2.29. The van der Waals surface area contributed by atoms with E-state index in [0.717, 1.165) is 13.0 Å². The summed E-state index contributed by atoms with van der Waals surface area (Å²) in [4.78, 5) is 10.6. The minimum atomic E-state index is -0.729. The molecule has 1 aliphatic heterocycles. The van der Waals surface area contributed by atoms with Crippen LogP contribution in [0.1, 0.15) is 6.42 Å². The van der Waals surface area contributed by atoms with Gasteiger partial charge in [-0.2, -0.15) is 0 Å². The van der Waals surface area contributed by atoms with Gasteiger partial charge in [-0.3, -0.25) is 4.79 Å². The van der Waals surface area contributed by atoms with Crippen LogP contribution < -0.4 is 11.1 Å². The van der Waals surface area contributed by atoms with Crippen molar-refractivity contribution >= 4 is 5.97 Å². The van der Waals surface area contributed by atoms with E-state index >= 15 is 0 Å². The van der Waals surface area contributed by atoms with Gasteiger partial charge in [0.1, 0.15) is 0 Å². The van der Waals surface area contributed by atoms with Gasteiger partial charge in [0.05, 0.1) is 5.92 Å². The lowest BCUT2D eigenvalue weighted by Crippen LogP contribution is -2.43. The monoisotopic (exact) mass is 158 g/mol. The zero-order chi connectivity index (χ0) is 8.27. The highest BCUT2D eigenvalue weighted by atomic mass is 16.4. The normalized spacial score (nSPS) is 31.7. The third-order valence-corrected chi connectivity index (χ3v) is 2.25. The number of piperidine rings is 1. The van der Waals surface area contributed by atoms with Crippen LogP contribution in [-0.2, 0) is 4.79 Å². The quantitative estimate of drug-likeness (QED) is 0.494. The SMILES string of the molecule is NC[C@H]1CCNC[C@H]1C(=O)O. The van der Waals surface area contributed by atoms with E-state index in [4.69, 9.17) is 10.8 Å². The maximum Gasteiger partial charge on any atom is 0.308 e. The molecule has 64 valence electrons. The van der Waals surface area contributed by atoms with Crippen molar-refractivity contribution in [2.75, 3.05) is 19.6 Å². The van der Waals surface area contributed by atoms with Crippen LogP contribution >= 0.6 is 0 Å². The second kappa shape index (κ2) is 3.69. The molecule has 0 spiro atoms. The van der Waals surface area contributed by atoms with Crippen molar-refractivity contribution in [2.24, 2.45) is 17.6 Å². The molecule has 0 unspecified atom stereocenters. The van der Waals surface area contributed by atoms with E-state index in [-0.39, 0.29) is 11.8 Å². The smallest absolute Gasteiger partial charge is 0.308 e. The van der Waals surface area contributed by atoms with E-state index in [1.807, 2.05) is 0 Å². The maximum atomic E-state index is 10.6. The largest absolute Gasteiger partial charge is 0.481 e. The number of carbonyl (C=O) groups is 1. The number of carboxylic acids is 1. The fraction of sp³-hybridized carbons (Fsp3) is 0.857. The first-order chi connectivity index (χ1) is 5.25. The molecule has 0 radical (unpaired) electrons. The first kappa shape index (κ1) is 8.49. The summed E-state index contributed by atoms with van der Waals surface area (Å²) >= 11 is 0. The fourth-order valence-corrected chi connectivity index (χ4v) is 1.48. The summed E-state index contributed by atoms with van der Waals surface area (Å²) in [6.45, 7) is 1.95. The van der Waals surface area contributed by atoms with Crippen LogP contribution in [0.3, 0.4) is 0 Å². The third kappa shape index (κ3) is 1.91. The maximum absolute atomic E-state index is 10.6. The molecular weight excluding hydrogens is 144 g/mol. The Labute approximate surface area is 65.8 Å². The topological polar surface area (TPSA) is 75.3 Å². The van der Waals surface area contributed by atoms with Gasteiger partial charge in [0, 0.05) is 6.54 Å². The molecule has 1 heterocycles. The van der Waals surface area contributed by atoms with Gasteiger partial charge < -0.3 is 16.2 Å². The third-order valence-electron chi connectivity index (χ3n) is 2.25. The zero-order valence-electron chi connectivity index (χ0n) is 6.42. The van der Waals surface area contributed by atoms with Crippen LogP contribution in [0, 0.1) is 11.8 Å². The van der Waals surface area contributed by atoms with Crippen LogP contribution in [0.15, 0.2) is 0 Å². The summed E-state index contributed by atoms with van der Waals surface area (Å²) in [5, 5.41) is 11.8. The molecule has 4 N–H and O–H groups in total. The molecular formula is C7H14N2O2. The molecule has 1 rings (SSSR count). The van der Waals surface area contributed by atoms with E-state index < -0.39 is 5.97 Å². The molecule has 1 aliphatic rings. The number of aliphatic carboxylic acids is 1. The predicted octanol–water partition coefficient (Wildman–Crippen LogP) is -0.745. The number of hydrogen-bond donors (Lipinski definition) is 3. The van der Waals surface area contributed by atoms with Crippen LogP contribution in [0.4, 0.5) is 0 Å². The van der Waals surface area contributed by atoms with Crippen molar-refractivity contribution in [1.29, 1.82) is 0 Å². The first-order valence-electron chi connectivity index (χ1n) is 3.89. The molecule has 11 heavy (non-hydrogen) atoms.